The van der Waals surface area contributed by atoms with Crippen LogP contribution in [0.15, 0.2) is 18.2 Å². The van der Waals surface area contributed by atoms with Gasteiger partial charge in [-0.25, -0.2) is 4.98 Å². The molecular weight excluding hydrogens is 176 g/mol. The quantitative estimate of drug-likeness (QED) is 0.579. The van der Waals surface area contributed by atoms with Crippen molar-refractivity contribution in [3.8, 4) is 5.88 Å². The molecule has 66 valence electrons. The van der Waals surface area contributed by atoms with Crippen LogP contribution >= 0.6 is 11.6 Å². The zero-order valence-electron chi connectivity index (χ0n) is 6.83. The molecule has 0 aliphatic heterocycles. The van der Waals surface area contributed by atoms with E-state index in [1.165, 1.54) is 0 Å². The van der Waals surface area contributed by atoms with Gasteiger partial charge in [-0.1, -0.05) is 24.6 Å². The molecule has 0 saturated heterocycles. The molecule has 1 aromatic heterocycles. The summed E-state index contributed by atoms with van der Waals surface area (Å²) in [5.74, 6) is 0.469. The van der Waals surface area contributed by atoms with Crippen molar-refractivity contribution in [2.75, 3.05) is 0 Å². The van der Waals surface area contributed by atoms with E-state index in [4.69, 9.17) is 22.1 Å². The summed E-state index contributed by atoms with van der Waals surface area (Å²) in [6.45, 7) is 1.94. The summed E-state index contributed by atoms with van der Waals surface area (Å²) in [4.78, 5) is 3.92. The standard InChI is InChI=1S/C8H11ClN2O/c1-2-7(10)12-8-5-3-4-6(9)11-8/h3-5,7H,2,10H2,1H3. The van der Waals surface area contributed by atoms with Gasteiger partial charge in [-0.05, 0) is 12.5 Å². The van der Waals surface area contributed by atoms with E-state index in [0.29, 0.717) is 11.0 Å². The Kier molecular flexibility index (Phi) is 3.31. The molecule has 3 nitrogen and oxygen atoms in total. The van der Waals surface area contributed by atoms with Crippen LogP contribution in [0.5, 0.6) is 5.88 Å². The maximum Gasteiger partial charge on any atom is 0.216 e. The highest BCUT2D eigenvalue weighted by Gasteiger charge is 2.01. The summed E-state index contributed by atoms with van der Waals surface area (Å²) < 4.78 is 5.23. The number of aromatic nitrogens is 1. The number of hydrogen-bond acceptors (Lipinski definition) is 3. The fourth-order valence-electron chi connectivity index (χ4n) is 0.694. The number of pyridine rings is 1. The molecule has 0 aromatic carbocycles. The van der Waals surface area contributed by atoms with E-state index in [2.05, 4.69) is 4.98 Å². The van der Waals surface area contributed by atoms with Crippen molar-refractivity contribution in [2.45, 2.75) is 19.6 Å². The average Bonchev–Trinajstić information content (AvgIpc) is 2.04. The molecule has 0 aliphatic carbocycles. The van der Waals surface area contributed by atoms with Gasteiger partial charge in [0.2, 0.25) is 5.88 Å². The fourth-order valence-corrected chi connectivity index (χ4v) is 0.850. The minimum Gasteiger partial charge on any atom is -0.459 e. The lowest BCUT2D eigenvalue weighted by Crippen LogP contribution is -2.26. The van der Waals surface area contributed by atoms with Crippen molar-refractivity contribution in [2.24, 2.45) is 5.73 Å². The fraction of sp³-hybridized carbons (Fsp3) is 0.375. The van der Waals surface area contributed by atoms with Crippen molar-refractivity contribution in [3.63, 3.8) is 0 Å². The van der Waals surface area contributed by atoms with Crippen molar-refractivity contribution in [1.29, 1.82) is 0 Å². The van der Waals surface area contributed by atoms with Crippen LogP contribution in [0.1, 0.15) is 13.3 Å². The Bertz CT molecular complexity index is 255. The molecule has 1 unspecified atom stereocenters. The summed E-state index contributed by atoms with van der Waals surface area (Å²) >= 11 is 5.64. The van der Waals surface area contributed by atoms with Crippen LogP contribution in [0, 0.1) is 0 Å². The normalized spacial score (nSPS) is 12.6. The van der Waals surface area contributed by atoms with Crippen LogP contribution < -0.4 is 10.5 Å². The van der Waals surface area contributed by atoms with Crippen LogP contribution in [-0.2, 0) is 0 Å². The molecule has 1 rings (SSSR count). The Morgan fingerprint density at radius 2 is 2.42 bits per heavy atom. The zero-order valence-corrected chi connectivity index (χ0v) is 7.58. The van der Waals surface area contributed by atoms with Crippen LogP contribution in [0.25, 0.3) is 0 Å². The summed E-state index contributed by atoms with van der Waals surface area (Å²) in [6, 6.07) is 5.18. The van der Waals surface area contributed by atoms with Crippen molar-refractivity contribution < 1.29 is 4.74 Å². The summed E-state index contributed by atoms with van der Waals surface area (Å²) in [6.07, 6.45) is 0.435. The monoisotopic (exact) mass is 186 g/mol. The second-order valence-electron chi connectivity index (χ2n) is 2.36. The van der Waals surface area contributed by atoms with E-state index < -0.39 is 0 Å². The number of nitrogens with two attached hydrogens (primary N) is 1. The molecule has 1 heterocycles. The van der Waals surface area contributed by atoms with Crippen molar-refractivity contribution in [3.05, 3.63) is 23.4 Å². The Morgan fingerprint density at radius 1 is 1.67 bits per heavy atom. The smallest absolute Gasteiger partial charge is 0.216 e. The van der Waals surface area contributed by atoms with E-state index in [1.54, 1.807) is 18.2 Å². The SMILES string of the molecule is CCC(N)Oc1cccc(Cl)n1. The van der Waals surface area contributed by atoms with Gasteiger partial charge in [0.05, 0.1) is 0 Å². The van der Waals surface area contributed by atoms with Crippen LogP contribution in [0.4, 0.5) is 0 Å². The molecule has 0 spiro atoms. The first kappa shape index (κ1) is 9.29. The van der Waals surface area contributed by atoms with E-state index in [1.807, 2.05) is 6.92 Å². The lowest BCUT2D eigenvalue weighted by molar-refractivity contribution is 0.197. The lowest BCUT2D eigenvalue weighted by atomic mass is 10.4. The first-order valence-electron chi connectivity index (χ1n) is 3.77. The number of ether oxygens (including phenoxy) is 1. The maximum atomic E-state index is 5.64. The predicted octanol–water partition coefficient (Wildman–Crippen LogP) is 1.81. The number of halogens is 1. The molecule has 2 N–H and O–H groups in total. The molecule has 0 radical (unpaired) electrons. The van der Waals surface area contributed by atoms with Gasteiger partial charge >= 0.3 is 0 Å². The zero-order chi connectivity index (χ0) is 8.97. The minimum absolute atomic E-state index is 0.309. The van der Waals surface area contributed by atoms with Crippen LogP contribution in [0.3, 0.4) is 0 Å². The second-order valence-corrected chi connectivity index (χ2v) is 2.75. The van der Waals surface area contributed by atoms with Gasteiger partial charge in [-0.3, -0.25) is 5.73 Å². The van der Waals surface area contributed by atoms with Gasteiger partial charge in [0.25, 0.3) is 0 Å². The van der Waals surface area contributed by atoms with E-state index >= 15 is 0 Å². The molecular formula is C8H11ClN2O. The van der Waals surface area contributed by atoms with Crippen molar-refractivity contribution in [1.82, 2.24) is 4.98 Å². The summed E-state index contributed by atoms with van der Waals surface area (Å²) in [5, 5.41) is 0.413. The van der Waals surface area contributed by atoms with E-state index in [-0.39, 0.29) is 6.23 Å². The van der Waals surface area contributed by atoms with Gasteiger partial charge in [0.15, 0.2) is 0 Å². The Balaban J connectivity index is 2.63. The molecule has 0 aliphatic rings. The highest BCUT2D eigenvalue weighted by molar-refractivity contribution is 6.29. The summed E-state index contributed by atoms with van der Waals surface area (Å²) in [5.41, 5.74) is 5.55. The molecule has 12 heavy (non-hydrogen) atoms. The first-order chi connectivity index (χ1) is 5.72. The molecule has 1 atom stereocenters. The topological polar surface area (TPSA) is 48.1 Å². The third kappa shape index (κ3) is 2.68. The second kappa shape index (κ2) is 4.28. The third-order valence-electron chi connectivity index (χ3n) is 1.36. The van der Waals surface area contributed by atoms with Gasteiger partial charge in [0.1, 0.15) is 11.4 Å². The molecule has 0 amide bonds. The van der Waals surface area contributed by atoms with E-state index in [9.17, 15) is 0 Å². The lowest BCUT2D eigenvalue weighted by Gasteiger charge is -2.10. The molecule has 0 bridgehead atoms. The largest absolute Gasteiger partial charge is 0.459 e. The minimum atomic E-state index is -0.309. The highest BCUT2D eigenvalue weighted by atomic mass is 35.5. The van der Waals surface area contributed by atoms with Gasteiger partial charge in [-0.2, -0.15) is 0 Å². The average molecular weight is 187 g/mol. The van der Waals surface area contributed by atoms with Gasteiger partial charge < -0.3 is 4.74 Å². The van der Waals surface area contributed by atoms with Gasteiger partial charge in [0, 0.05) is 6.07 Å². The number of hydrogen-bond donors (Lipinski definition) is 1. The Hall–Kier alpha value is -0.800. The van der Waals surface area contributed by atoms with Crippen LogP contribution in [0.2, 0.25) is 5.15 Å². The third-order valence-corrected chi connectivity index (χ3v) is 1.57. The maximum absolute atomic E-state index is 5.64. The molecule has 0 saturated carbocycles. The van der Waals surface area contributed by atoms with Gasteiger partial charge in [-0.15, -0.1) is 0 Å². The Morgan fingerprint density at radius 3 is 3.00 bits per heavy atom. The first-order valence-corrected chi connectivity index (χ1v) is 4.15. The molecule has 4 heteroatoms. The van der Waals surface area contributed by atoms with Crippen LogP contribution in [-0.4, -0.2) is 11.2 Å². The molecule has 0 fully saturated rings. The van der Waals surface area contributed by atoms with E-state index in [0.717, 1.165) is 6.42 Å². The predicted molar refractivity (Wildman–Crippen MR) is 48.1 cm³/mol. The van der Waals surface area contributed by atoms with Crippen molar-refractivity contribution >= 4 is 11.6 Å². The summed E-state index contributed by atoms with van der Waals surface area (Å²) in [7, 11) is 0. The molecule has 1 aromatic rings. The number of nitrogens with zero attached hydrogens (tertiary/aromatic N) is 1. The number of rotatable bonds is 3. The highest BCUT2D eigenvalue weighted by Crippen LogP contribution is 2.12. The Labute approximate surface area is 76.5 Å².